The van der Waals surface area contributed by atoms with Crippen LogP contribution < -0.4 is 10.6 Å². The first-order valence-electron chi connectivity index (χ1n) is 11.7. The van der Waals surface area contributed by atoms with Crippen molar-refractivity contribution in [3.63, 3.8) is 0 Å². The molecule has 0 aliphatic heterocycles. The predicted octanol–water partition coefficient (Wildman–Crippen LogP) is 3.79. The van der Waals surface area contributed by atoms with Gasteiger partial charge in [0, 0.05) is 18.0 Å². The highest BCUT2D eigenvalue weighted by molar-refractivity contribution is 5.94. The smallest absolute Gasteiger partial charge is 0.325 e. The van der Waals surface area contributed by atoms with Crippen LogP contribution in [0.3, 0.4) is 0 Å². The molecule has 0 saturated heterocycles. The second-order valence-electron chi connectivity index (χ2n) is 9.20. The summed E-state index contributed by atoms with van der Waals surface area (Å²) >= 11 is 0. The van der Waals surface area contributed by atoms with Gasteiger partial charge in [0.1, 0.15) is 18.9 Å². The van der Waals surface area contributed by atoms with Crippen molar-refractivity contribution in [3.05, 3.63) is 41.6 Å². The number of anilines is 1. The summed E-state index contributed by atoms with van der Waals surface area (Å²) in [6.07, 6.45) is 1.59. The lowest BCUT2D eigenvalue weighted by molar-refractivity contribution is -0.141. The molecular formula is C25H37N5O4. The quantitative estimate of drug-likeness (QED) is 0.513. The zero-order valence-corrected chi connectivity index (χ0v) is 21.1. The van der Waals surface area contributed by atoms with Gasteiger partial charge in [0.15, 0.2) is 0 Å². The summed E-state index contributed by atoms with van der Waals surface area (Å²) in [6, 6.07) is 9.23. The molecule has 0 bridgehead atoms. The fourth-order valence-corrected chi connectivity index (χ4v) is 3.15. The van der Waals surface area contributed by atoms with Crippen LogP contribution in [-0.2, 0) is 19.7 Å². The Hall–Kier alpha value is -3.36. The molecule has 1 aromatic carbocycles. The maximum absolute atomic E-state index is 13.0. The minimum Gasteiger partial charge on any atom is -0.465 e. The average Bonchev–Trinajstić information content (AvgIpc) is 3.19. The highest BCUT2D eigenvalue weighted by Gasteiger charge is 2.23. The Morgan fingerprint density at radius 1 is 1.12 bits per heavy atom. The van der Waals surface area contributed by atoms with Gasteiger partial charge in [-0.25, -0.2) is 9.48 Å². The molecule has 1 aromatic heterocycles. The summed E-state index contributed by atoms with van der Waals surface area (Å²) in [7, 11) is 0. The number of benzene rings is 1. The largest absolute Gasteiger partial charge is 0.465 e. The Balaban J connectivity index is 2.19. The number of unbranched alkanes of at least 4 members (excludes halogenated alkanes) is 1. The number of ether oxygens (including phenoxy) is 1. The molecule has 0 unspecified atom stereocenters. The van der Waals surface area contributed by atoms with Gasteiger partial charge in [-0.05, 0) is 32.4 Å². The van der Waals surface area contributed by atoms with Crippen LogP contribution in [0.15, 0.2) is 30.3 Å². The van der Waals surface area contributed by atoms with Gasteiger partial charge in [-0.15, -0.1) is 0 Å². The van der Waals surface area contributed by atoms with E-state index in [-0.39, 0.29) is 31.0 Å². The van der Waals surface area contributed by atoms with Crippen LogP contribution in [0.25, 0.3) is 5.69 Å². The van der Waals surface area contributed by atoms with Crippen molar-refractivity contribution >= 4 is 23.7 Å². The Labute approximate surface area is 201 Å². The fourth-order valence-electron chi connectivity index (χ4n) is 3.15. The van der Waals surface area contributed by atoms with E-state index in [9.17, 15) is 14.4 Å². The molecule has 186 valence electrons. The molecule has 9 heteroatoms. The number of hydrogen-bond acceptors (Lipinski definition) is 5. The van der Waals surface area contributed by atoms with Crippen molar-refractivity contribution in [1.82, 2.24) is 20.0 Å². The SMILES string of the molecule is CCCCN(CC(=O)Nc1cc(C(C)(C)C)nn1-c1ccc(C)cc1)C(=O)NCC(=O)OCC. The van der Waals surface area contributed by atoms with E-state index in [0.29, 0.717) is 12.4 Å². The summed E-state index contributed by atoms with van der Waals surface area (Å²) in [5.41, 5.74) is 2.57. The first-order valence-corrected chi connectivity index (χ1v) is 11.7. The number of amides is 3. The Morgan fingerprint density at radius 3 is 2.38 bits per heavy atom. The van der Waals surface area contributed by atoms with Gasteiger partial charge >= 0.3 is 12.0 Å². The summed E-state index contributed by atoms with van der Waals surface area (Å²) in [6.45, 7) is 12.1. The van der Waals surface area contributed by atoms with Gasteiger partial charge in [-0.2, -0.15) is 5.10 Å². The third kappa shape index (κ3) is 7.90. The summed E-state index contributed by atoms with van der Waals surface area (Å²) in [5.74, 6) is -0.343. The van der Waals surface area contributed by atoms with Gasteiger partial charge in [0.25, 0.3) is 0 Å². The van der Waals surface area contributed by atoms with Gasteiger partial charge in [0.05, 0.1) is 18.0 Å². The second kappa shape index (κ2) is 12.2. The minimum atomic E-state index is -0.521. The topological polar surface area (TPSA) is 106 Å². The van der Waals surface area contributed by atoms with E-state index in [1.165, 1.54) is 4.90 Å². The standard InChI is InChI=1S/C25H37N5O4/c1-7-9-14-29(24(33)26-16-23(32)34-8-2)17-22(31)27-21-15-20(25(4,5)6)28-30(21)19-12-10-18(3)11-13-19/h10-13,15H,7-9,14,16-17H2,1-6H3,(H,26,33)(H,27,31). The van der Waals surface area contributed by atoms with E-state index in [4.69, 9.17) is 9.84 Å². The first kappa shape index (κ1) is 26.9. The minimum absolute atomic E-state index is 0.154. The summed E-state index contributed by atoms with van der Waals surface area (Å²) in [4.78, 5) is 38.6. The van der Waals surface area contributed by atoms with Crippen LogP contribution in [0.1, 0.15) is 58.7 Å². The normalized spacial score (nSPS) is 11.1. The lowest BCUT2D eigenvalue weighted by atomic mass is 9.92. The Kier molecular flexibility index (Phi) is 9.65. The number of aromatic nitrogens is 2. The number of rotatable bonds is 10. The second-order valence-corrected chi connectivity index (χ2v) is 9.20. The summed E-state index contributed by atoms with van der Waals surface area (Å²) in [5, 5.41) is 10.2. The van der Waals surface area contributed by atoms with Crippen molar-refractivity contribution in [3.8, 4) is 5.69 Å². The lowest BCUT2D eigenvalue weighted by Crippen LogP contribution is -2.46. The number of carbonyl (C=O) groups is 3. The molecule has 2 rings (SSSR count). The molecule has 9 nitrogen and oxygen atoms in total. The zero-order valence-electron chi connectivity index (χ0n) is 21.1. The Morgan fingerprint density at radius 2 is 1.79 bits per heavy atom. The number of urea groups is 1. The lowest BCUT2D eigenvalue weighted by Gasteiger charge is -2.22. The van der Waals surface area contributed by atoms with Crippen molar-refractivity contribution in [2.75, 3.05) is 31.6 Å². The molecule has 1 heterocycles. The number of carbonyl (C=O) groups excluding carboxylic acids is 3. The maximum atomic E-state index is 13.0. The molecule has 2 aromatic rings. The predicted molar refractivity (Wildman–Crippen MR) is 132 cm³/mol. The van der Waals surface area contributed by atoms with Crippen LogP contribution in [0, 0.1) is 6.92 Å². The molecule has 0 spiro atoms. The van der Waals surface area contributed by atoms with Crippen molar-refractivity contribution in [1.29, 1.82) is 0 Å². The number of nitrogens with one attached hydrogen (secondary N) is 2. The highest BCUT2D eigenvalue weighted by atomic mass is 16.5. The molecule has 0 aliphatic carbocycles. The highest BCUT2D eigenvalue weighted by Crippen LogP contribution is 2.26. The van der Waals surface area contributed by atoms with E-state index in [0.717, 1.165) is 29.8 Å². The third-order valence-electron chi connectivity index (χ3n) is 5.12. The van der Waals surface area contributed by atoms with E-state index < -0.39 is 12.0 Å². The molecule has 34 heavy (non-hydrogen) atoms. The molecule has 0 aliphatic rings. The van der Waals surface area contributed by atoms with Crippen LogP contribution >= 0.6 is 0 Å². The van der Waals surface area contributed by atoms with E-state index in [2.05, 4.69) is 31.4 Å². The van der Waals surface area contributed by atoms with Crippen LogP contribution in [0.5, 0.6) is 0 Å². The number of hydrogen-bond donors (Lipinski definition) is 2. The van der Waals surface area contributed by atoms with Crippen molar-refractivity contribution < 1.29 is 19.1 Å². The number of esters is 1. The maximum Gasteiger partial charge on any atom is 0.325 e. The van der Waals surface area contributed by atoms with Gasteiger partial charge in [-0.3, -0.25) is 9.59 Å². The van der Waals surface area contributed by atoms with E-state index in [1.807, 2.05) is 44.2 Å². The number of aryl methyl sites for hydroxylation is 1. The molecule has 0 radical (unpaired) electrons. The molecular weight excluding hydrogens is 434 g/mol. The monoisotopic (exact) mass is 471 g/mol. The fraction of sp³-hybridized carbons (Fsp3) is 0.520. The third-order valence-corrected chi connectivity index (χ3v) is 5.12. The van der Waals surface area contributed by atoms with Gasteiger partial charge < -0.3 is 20.3 Å². The van der Waals surface area contributed by atoms with Crippen LogP contribution in [0.2, 0.25) is 0 Å². The summed E-state index contributed by atoms with van der Waals surface area (Å²) < 4.78 is 6.55. The Bertz CT molecular complexity index is 976. The molecule has 2 N–H and O–H groups in total. The molecule has 0 atom stereocenters. The molecule has 0 fully saturated rings. The van der Waals surface area contributed by atoms with Crippen molar-refractivity contribution in [2.24, 2.45) is 0 Å². The van der Waals surface area contributed by atoms with E-state index in [1.54, 1.807) is 11.6 Å². The number of nitrogens with zero attached hydrogens (tertiary/aromatic N) is 3. The van der Waals surface area contributed by atoms with Crippen LogP contribution in [0.4, 0.5) is 10.6 Å². The van der Waals surface area contributed by atoms with Crippen LogP contribution in [-0.4, -0.2) is 58.8 Å². The molecule has 0 saturated carbocycles. The molecule has 3 amide bonds. The van der Waals surface area contributed by atoms with E-state index >= 15 is 0 Å². The first-order chi connectivity index (χ1) is 16.0. The zero-order chi connectivity index (χ0) is 25.3. The van der Waals surface area contributed by atoms with Crippen molar-refractivity contribution in [2.45, 2.75) is 59.8 Å². The average molecular weight is 472 g/mol. The van der Waals surface area contributed by atoms with Gasteiger partial charge in [0.2, 0.25) is 5.91 Å². The van der Waals surface area contributed by atoms with Gasteiger partial charge in [-0.1, -0.05) is 51.8 Å².